The van der Waals surface area contributed by atoms with Crippen molar-refractivity contribution in [2.24, 2.45) is 10.8 Å². The first-order valence-electron chi connectivity index (χ1n) is 10.3. The molecule has 1 aliphatic carbocycles. The highest BCUT2D eigenvalue weighted by molar-refractivity contribution is 5.89. The van der Waals surface area contributed by atoms with E-state index in [0.717, 1.165) is 0 Å². The second-order valence-corrected chi connectivity index (χ2v) is 8.42. The van der Waals surface area contributed by atoms with Crippen molar-refractivity contribution in [2.75, 3.05) is 0 Å². The summed E-state index contributed by atoms with van der Waals surface area (Å²) in [5.74, 6) is -0.0309. The molecule has 3 rings (SSSR count). The van der Waals surface area contributed by atoms with Crippen LogP contribution < -0.4 is 0 Å². The van der Waals surface area contributed by atoms with Gasteiger partial charge in [0.15, 0.2) is 0 Å². The van der Waals surface area contributed by atoms with Gasteiger partial charge in [0.25, 0.3) is 6.47 Å². The largest absolute Gasteiger partial charge is 0.508 e. The standard InChI is InChI=1S/C16H20O5.C7H8O.C2H6/c1-15(2)13(20-9-17)16(3,4)14(15)21-12(19)10-5-7-11(18)8-6-10;1-6-2-4-7(8)5-3-6;1-2/h5-9,13-14,18H,1-4H3;2-5,8H,1H3;1-2H3. The van der Waals surface area contributed by atoms with Crippen LogP contribution in [-0.4, -0.2) is 34.9 Å². The highest BCUT2D eigenvalue weighted by atomic mass is 16.6. The molecular weight excluding hydrogens is 396 g/mol. The fraction of sp³-hybridized carbons (Fsp3) is 0.440. The SMILES string of the molecule is CC.CC1(C)C(OC=O)C(C)(C)C1OC(=O)c1ccc(O)cc1.Cc1ccc(O)cc1. The zero-order valence-electron chi connectivity index (χ0n) is 19.4. The zero-order chi connectivity index (χ0) is 23.8. The molecule has 0 unspecified atom stereocenters. The van der Waals surface area contributed by atoms with E-state index in [9.17, 15) is 14.7 Å². The second-order valence-electron chi connectivity index (χ2n) is 8.42. The number of benzene rings is 2. The van der Waals surface area contributed by atoms with Crippen LogP contribution in [0.25, 0.3) is 0 Å². The van der Waals surface area contributed by atoms with Gasteiger partial charge in [0.2, 0.25) is 0 Å². The summed E-state index contributed by atoms with van der Waals surface area (Å²) >= 11 is 0. The average Bonchev–Trinajstić information content (AvgIpc) is 2.74. The Balaban J connectivity index is 0.000000400. The Labute approximate surface area is 184 Å². The number of carbonyl (C=O) groups is 2. The molecule has 6 nitrogen and oxygen atoms in total. The van der Waals surface area contributed by atoms with Crippen LogP contribution in [0.2, 0.25) is 0 Å². The van der Waals surface area contributed by atoms with Gasteiger partial charge < -0.3 is 19.7 Å². The number of hydrogen-bond acceptors (Lipinski definition) is 6. The minimum atomic E-state index is -0.453. The molecule has 2 N–H and O–H groups in total. The van der Waals surface area contributed by atoms with Gasteiger partial charge in [-0.1, -0.05) is 59.2 Å². The number of rotatable bonds is 4. The third kappa shape index (κ3) is 6.23. The first-order valence-corrected chi connectivity index (χ1v) is 10.3. The maximum Gasteiger partial charge on any atom is 0.338 e. The van der Waals surface area contributed by atoms with Crippen molar-refractivity contribution in [1.29, 1.82) is 0 Å². The van der Waals surface area contributed by atoms with E-state index in [0.29, 0.717) is 17.8 Å². The summed E-state index contributed by atoms with van der Waals surface area (Å²) in [5, 5.41) is 18.0. The van der Waals surface area contributed by atoms with E-state index in [-0.39, 0.29) is 18.0 Å². The molecular formula is C25H34O6. The third-order valence-corrected chi connectivity index (χ3v) is 5.26. The van der Waals surface area contributed by atoms with Gasteiger partial charge in [-0.15, -0.1) is 0 Å². The number of phenols is 2. The fourth-order valence-corrected chi connectivity index (χ4v) is 4.12. The van der Waals surface area contributed by atoms with Crippen molar-refractivity contribution >= 4 is 12.4 Å². The van der Waals surface area contributed by atoms with Gasteiger partial charge in [0, 0.05) is 10.8 Å². The number of aryl methyl sites for hydroxylation is 1. The highest BCUT2D eigenvalue weighted by Gasteiger charge is 2.66. The van der Waals surface area contributed by atoms with Crippen LogP contribution >= 0.6 is 0 Å². The van der Waals surface area contributed by atoms with Gasteiger partial charge in [0.1, 0.15) is 23.7 Å². The van der Waals surface area contributed by atoms with Gasteiger partial charge in [-0.25, -0.2) is 4.79 Å². The van der Waals surface area contributed by atoms with Crippen molar-refractivity contribution in [3.8, 4) is 11.5 Å². The summed E-state index contributed by atoms with van der Waals surface area (Å²) in [6, 6.07) is 13.0. The molecule has 31 heavy (non-hydrogen) atoms. The Kier molecular flexibility index (Phi) is 9.10. The lowest BCUT2D eigenvalue weighted by atomic mass is 9.51. The van der Waals surface area contributed by atoms with E-state index in [1.54, 1.807) is 12.1 Å². The summed E-state index contributed by atoms with van der Waals surface area (Å²) in [7, 11) is 0. The Bertz CT molecular complexity index is 800. The molecule has 2 aromatic carbocycles. The van der Waals surface area contributed by atoms with E-state index in [1.165, 1.54) is 29.8 Å². The molecule has 2 aromatic rings. The summed E-state index contributed by atoms with van der Waals surface area (Å²) < 4.78 is 10.7. The van der Waals surface area contributed by atoms with Crippen molar-refractivity contribution < 1.29 is 29.3 Å². The van der Waals surface area contributed by atoms with Gasteiger partial charge in [-0.3, -0.25) is 4.79 Å². The molecule has 0 radical (unpaired) electrons. The molecule has 0 spiro atoms. The minimum absolute atomic E-state index is 0.0929. The first kappa shape index (κ1) is 26.0. The highest BCUT2D eigenvalue weighted by Crippen LogP contribution is 2.57. The third-order valence-electron chi connectivity index (χ3n) is 5.26. The molecule has 6 heteroatoms. The molecule has 0 bridgehead atoms. The number of hydrogen-bond donors (Lipinski definition) is 2. The maximum absolute atomic E-state index is 12.2. The van der Waals surface area contributed by atoms with Crippen LogP contribution in [0, 0.1) is 17.8 Å². The minimum Gasteiger partial charge on any atom is -0.508 e. The maximum atomic E-state index is 12.2. The van der Waals surface area contributed by atoms with Crippen molar-refractivity contribution in [2.45, 2.75) is 60.7 Å². The zero-order valence-corrected chi connectivity index (χ0v) is 19.4. The number of phenolic OH excluding ortho intramolecular Hbond substituents is 2. The molecule has 0 atom stereocenters. The van der Waals surface area contributed by atoms with Crippen LogP contribution in [0.15, 0.2) is 48.5 Å². The molecule has 1 saturated carbocycles. The van der Waals surface area contributed by atoms with Crippen LogP contribution in [0.1, 0.15) is 57.5 Å². The number of aromatic hydroxyl groups is 2. The summed E-state index contributed by atoms with van der Waals surface area (Å²) in [4.78, 5) is 22.8. The molecule has 0 aromatic heterocycles. The van der Waals surface area contributed by atoms with E-state index in [2.05, 4.69) is 0 Å². The predicted octanol–water partition coefficient (Wildman–Crippen LogP) is 5.25. The number of esters is 1. The lowest BCUT2D eigenvalue weighted by molar-refractivity contribution is -0.252. The number of ether oxygens (including phenoxy) is 2. The van der Waals surface area contributed by atoms with Gasteiger partial charge in [0.05, 0.1) is 5.56 Å². The molecule has 1 aliphatic rings. The lowest BCUT2D eigenvalue weighted by Gasteiger charge is -2.60. The molecule has 170 valence electrons. The van der Waals surface area contributed by atoms with E-state index in [4.69, 9.17) is 14.6 Å². The van der Waals surface area contributed by atoms with Gasteiger partial charge >= 0.3 is 5.97 Å². The van der Waals surface area contributed by atoms with Crippen molar-refractivity contribution in [1.82, 2.24) is 0 Å². The van der Waals surface area contributed by atoms with Crippen LogP contribution in [0.3, 0.4) is 0 Å². The van der Waals surface area contributed by atoms with E-state index >= 15 is 0 Å². The Hall–Kier alpha value is -3.02. The van der Waals surface area contributed by atoms with Crippen LogP contribution in [0.5, 0.6) is 11.5 Å². The monoisotopic (exact) mass is 430 g/mol. The molecule has 1 fully saturated rings. The molecule has 0 heterocycles. The Morgan fingerprint density at radius 1 is 0.839 bits per heavy atom. The first-order chi connectivity index (χ1) is 14.5. The molecule has 0 saturated heterocycles. The van der Waals surface area contributed by atoms with Crippen molar-refractivity contribution in [3.05, 3.63) is 59.7 Å². The smallest absolute Gasteiger partial charge is 0.338 e. The Morgan fingerprint density at radius 3 is 1.65 bits per heavy atom. The predicted molar refractivity (Wildman–Crippen MR) is 120 cm³/mol. The van der Waals surface area contributed by atoms with Gasteiger partial charge in [-0.05, 0) is 43.3 Å². The molecule has 0 amide bonds. The summed E-state index contributed by atoms with van der Waals surface area (Å²) in [6.45, 7) is 14.0. The lowest BCUT2D eigenvalue weighted by Crippen LogP contribution is -2.69. The molecule has 0 aliphatic heterocycles. The Morgan fingerprint density at radius 2 is 1.26 bits per heavy atom. The summed E-state index contributed by atoms with van der Waals surface area (Å²) in [6.07, 6.45) is -0.670. The number of carbonyl (C=O) groups excluding carboxylic acids is 2. The topological polar surface area (TPSA) is 93.1 Å². The van der Waals surface area contributed by atoms with Crippen LogP contribution in [0.4, 0.5) is 0 Å². The average molecular weight is 431 g/mol. The summed E-state index contributed by atoms with van der Waals surface area (Å²) in [5.41, 5.74) is 0.649. The normalized spacial score (nSPS) is 19.8. The quantitative estimate of drug-likeness (QED) is 0.508. The van der Waals surface area contributed by atoms with Crippen LogP contribution in [-0.2, 0) is 14.3 Å². The second kappa shape index (κ2) is 10.8. The van der Waals surface area contributed by atoms with E-state index < -0.39 is 16.8 Å². The van der Waals surface area contributed by atoms with E-state index in [1.807, 2.05) is 60.6 Å². The van der Waals surface area contributed by atoms with Crippen molar-refractivity contribution in [3.63, 3.8) is 0 Å². The fourth-order valence-electron chi connectivity index (χ4n) is 4.12. The van der Waals surface area contributed by atoms with Gasteiger partial charge in [-0.2, -0.15) is 0 Å².